The number of methoxy groups -OCH3 is 1. The van der Waals surface area contributed by atoms with Crippen molar-refractivity contribution in [1.82, 2.24) is 14.5 Å². The van der Waals surface area contributed by atoms with Crippen LogP contribution in [0.1, 0.15) is 22.7 Å². The normalized spacial score (nSPS) is 11.6. The van der Waals surface area contributed by atoms with Crippen molar-refractivity contribution in [3.63, 3.8) is 0 Å². The van der Waals surface area contributed by atoms with Crippen LogP contribution in [0.5, 0.6) is 5.75 Å². The van der Waals surface area contributed by atoms with Crippen molar-refractivity contribution in [3.05, 3.63) is 101 Å². The molecule has 2 aromatic heterocycles. The fraction of sp³-hybridized carbons (Fsp3) is 0.125. The van der Waals surface area contributed by atoms with E-state index < -0.39 is 0 Å². The lowest BCUT2D eigenvalue weighted by molar-refractivity contribution is 0.262. The van der Waals surface area contributed by atoms with Crippen molar-refractivity contribution in [2.75, 3.05) is 17.7 Å². The Morgan fingerprint density at radius 1 is 0.969 bits per heavy atom. The first-order valence-electron chi connectivity index (χ1n) is 9.94. The average molecular weight is 492 g/mol. The topological polar surface area (TPSA) is 81.1 Å². The zero-order chi connectivity index (χ0) is 22.5. The van der Waals surface area contributed by atoms with Crippen LogP contribution in [-0.4, -0.2) is 27.7 Å². The third-order valence-electron chi connectivity index (χ3n) is 5.08. The lowest BCUT2D eigenvalue weighted by Crippen LogP contribution is -2.21. The molecule has 162 valence electrons. The van der Waals surface area contributed by atoms with Gasteiger partial charge in [-0.3, -0.25) is 4.98 Å². The first kappa shape index (κ1) is 21.6. The number of nitrogens with zero attached hydrogens (tertiary/aromatic N) is 3. The second-order valence-electron chi connectivity index (χ2n) is 7.19. The number of rotatable bonds is 6. The maximum Gasteiger partial charge on any atom is 0.323 e. The second-order valence-corrected chi connectivity index (χ2v) is 8.11. The number of carbonyl (C=O) groups is 1. The molecule has 7 nitrogen and oxygen atoms in total. The highest BCUT2D eigenvalue weighted by atomic mass is 79.9. The number of halogens is 1. The van der Waals surface area contributed by atoms with Gasteiger partial charge >= 0.3 is 6.03 Å². The van der Waals surface area contributed by atoms with Gasteiger partial charge < -0.3 is 19.9 Å². The van der Waals surface area contributed by atoms with Crippen LogP contribution in [0.2, 0.25) is 0 Å². The summed E-state index contributed by atoms with van der Waals surface area (Å²) in [5.74, 6) is 0.576. The van der Waals surface area contributed by atoms with Crippen LogP contribution in [0.3, 0.4) is 0 Å². The van der Waals surface area contributed by atoms with E-state index in [1.807, 2.05) is 48.0 Å². The van der Waals surface area contributed by atoms with Gasteiger partial charge in [0.2, 0.25) is 0 Å². The van der Waals surface area contributed by atoms with Gasteiger partial charge in [0.15, 0.2) is 0 Å². The van der Waals surface area contributed by atoms with E-state index in [9.17, 15) is 4.79 Å². The zero-order valence-electron chi connectivity index (χ0n) is 17.6. The molecule has 2 heterocycles. The number of amides is 2. The Bertz CT molecular complexity index is 1210. The van der Waals surface area contributed by atoms with E-state index in [1.54, 1.807) is 44.2 Å². The molecule has 0 aliphatic heterocycles. The highest BCUT2D eigenvalue weighted by Gasteiger charge is 2.18. The summed E-state index contributed by atoms with van der Waals surface area (Å²) in [7, 11) is 1.56. The summed E-state index contributed by atoms with van der Waals surface area (Å²) in [5, 5.41) is 5.82. The van der Waals surface area contributed by atoms with Crippen molar-refractivity contribution < 1.29 is 9.53 Å². The van der Waals surface area contributed by atoms with Crippen molar-refractivity contribution in [3.8, 4) is 5.75 Å². The molecule has 2 aromatic carbocycles. The highest BCUT2D eigenvalue weighted by Crippen LogP contribution is 2.31. The number of aromatic nitrogens is 3. The molecule has 0 bridgehead atoms. The van der Waals surface area contributed by atoms with Gasteiger partial charge in [0.1, 0.15) is 5.75 Å². The number of aryl methyl sites for hydroxylation is 1. The van der Waals surface area contributed by atoms with Gasteiger partial charge in [-0.2, -0.15) is 0 Å². The number of urea groups is 1. The summed E-state index contributed by atoms with van der Waals surface area (Å²) < 4.78 is 8.20. The molecule has 0 aliphatic carbocycles. The number of ether oxygens (including phenoxy) is 1. The molecule has 0 aliphatic rings. The predicted molar refractivity (Wildman–Crippen MR) is 128 cm³/mol. The van der Waals surface area contributed by atoms with Crippen LogP contribution in [-0.2, 0) is 0 Å². The minimum Gasteiger partial charge on any atom is -0.495 e. The van der Waals surface area contributed by atoms with Crippen LogP contribution >= 0.6 is 15.9 Å². The van der Waals surface area contributed by atoms with Crippen LogP contribution in [0, 0.1) is 6.92 Å². The molecule has 32 heavy (non-hydrogen) atoms. The predicted octanol–water partition coefficient (Wildman–Crippen LogP) is 5.64. The minimum absolute atomic E-state index is 0.102. The molecular weight excluding hydrogens is 470 g/mol. The fourth-order valence-corrected chi connectivity index (χ4v) is 3.86. The van der Waals surface area contributed by atoms with Crippen molar-refractivity contribution in [2.24, 2.45) is 0 Å². The number of carbonyl (C=O) groups excluding carboxylic acids is 1. The molecule has 1 unspecified atom stereocenters. The molecule has 2 amide bonds. The van der Waals surface area contributed by atoms with E-state index in [0.717, 1.165) is 21.2 Å². The molecular formula is C24H22BrN5O2. The largest absolute Gasteiger partial charge is 0.495 e. The summed E-state index contributed by atoms with van der Waals surface area (Å²) in [6.45, 7) is 1.96. The summed E-state index contributed by atoms with van der Waals surface area (Å²) >= 11 is 3.42. The Morgan fingerprint density at radius 3 is 2.47 bits per heavy atom. The molecule has 4 aromatic rings. The average Bonchev–Trinajstić information content (AvgIpc) is 3.31. The van der Waals surface area contributed by atoms with E-state index in [0.29, 0.717) is 17.1 Å². The van der Waals surface area contributed by atoms with E-state index in [-0.39, 0.29) is 12.1 Å². The number of imidazole rings is 1. The molecule has 4 rings (SSSR count). The van der Waals surface area contributed by atoms with Gasteiger partial charge in [-0.15, -0.1) is 0 Å². The monoisotopic (exact) mass is 491 g/mol. The Kier molecular flexibility index (Phi) is 6.51. The smallest absolute Gasteiger partial charge is 0.323 e. The third kappa shape index (κ3) is 4.81. The zero-order valence-corrected chi connectivity index (χ0v) is 19.2. The molecule has 8 heteroatoms. The standard InChI is InChI=1S/C24H22BrN5O2/c1-16-3-4-18(23(30-12-11-27-15-30)17-7-9-26-10-8-17)13-20(16)28-24(31)29-21-14-19(25)5-6-22(21)32-2/h3-15,23H,1-2H3,(H2,28,29,31). The lowest BCUT2D eigenvalue weighted by Gasteiger charge is -2.21. The number of pyridine rings is 1. The molecule has 0 spiro atoms. The Morgan fingerprint density at radius 2 is 1.75 bits per heavy atom. The quantitative estimate of drug-likeness (QED) is 0.365. The number of hydrogen-bond donors (Lipinski definition) is 2. The SMILES string of the molecule is COc1ccc(Br)cc1NC(=O)Nc1cc(C(c2ccncc2)n2ccnc2)ccc1C. The van der Waals surface area contributed by atoms with Crippen LogP contribution < -0.4 is 15.4 Å². The van der Waals surface area contributed by atoms with Gasteiger partial charge in [0.25, 0.3) is 0 Å². The molecule has 0 fully saturated rings. The molecule has 2 N–H and O–H groups in total. The minimum atomic E-state index is -0.357. The number of benzene rings is 2. The van der Waals surface area contributed by atoms with Crippen LogP contribution in [0.15, 0.2) is 84.1 Å². The van der Waals surface area contributed by atoms with E-state index in [2.05, 4.69) is 42.6 Å². The molecule has 0 saturated carbocycles. The maximum atomic E-state index is 12.8. The van der Waals surface area contributed by atoms with E-state index in [4.69, 9.17) is 4.74 Å². The summed E-state index contributed by atoms with van der Waals surface area (Å²) in [6.07, 6.45) is 8.99. The van der Waals surface area contributed by atoms with E-state index >= 15 is 0 Å². The summed E-state index contributed by atoms with van der Waals surface area (Å²) in [5.41, 5.74) is 4.31. The summed E-state index contributed by atoms with van der Waals surface area (Å²) in [4.78, 5) is 21.1. The van der Waals surface area contributed by atoms with Gasteiger partial charge in [-0.25, -0.2) is 9.78 Å². The number of anilines is 2. The van der Waals surface area contributed by atoms with Crippen LogP contribution in [0.25, 0.3) is 0 Å². The van der Waals surface area contributed by atoms with Crippen LogP contribution in [0.4, 0.5) is 16.2 Å². The Balaban J connectivity index is 1.62. The Hall–Kier alpha value is -3.65. The highest BCUT2D eigenvalue weighted by molar-refractivity contribution is 9.10. The van der Waals surface area contributed by atoms with Crippen molar-refractivity contribution in [1.29, 1.82) is 0 Å². The number of hydrogen-bond acceptors (Lipinski definition) is 4. The van der Waals surface area contributed by atoms with Gasteiger partial charge in [-0.05, 0) is 60.0 Å². The molecule has 0 saturated heterocycles. The summed E-state index contributed by atoms with van der Waals surface area (Å²) in [6, 6.07) is 15.0. The first-order valence-corrected chi connectivity index (χ1v) is 10.7. The van der Waals surface area contributed by atoms with Gasteiger partial charge in [-0.1, -0.05) is 28.1 Å². The third-order valence-corrected chi connectivity index (χ3v) is 5.57. The van der Waals surface area contributed by atoms with Gasteiger partial charge in [0.05, 0.1) is 25.2 Å². The maximum absolute atomic E-state index is 12.8. The first-order chi connectivity index (χ1) is 15.5. The van der Waals surface area contributed by atoms with Crippen molar-refractivity contribution >= 4 is 33.3 Å². The van der Waals surface area contributed by atoms with E-state index in [1.165, 1.54) is 0 Å². The Labute approximate surface area is 194 Å². The molecule has 0 radical (unpaired) electrons. The lowest BCUT2D eigenvalue weighted by atomic mass is 9.97. The van der Waals surface area contributed by atoms with Crippen molar-refractivity contribution in [2.45, 2.75) is 13.0 Å². The number of nitrogens with one attached hydrogen (secondary N) is 2. The fourth-order valence-electron chi connectivity index (χ4n) is 3.50. The second kappa shape index (κ2) is 9.65. The molecule has 1 atom stereocenters. The van der Waals surface area contributed by atoms with Gasteiger partial charge in [0, 0.05) is 34.9 Å².